The SMILES string of the molecule is CCn1c(-c2ccccc2CCOC)c2c3cc(ccc31)-c1cc(O)cc(c1)C[C@H](NC(=O)[C@H](C(C)C)N(C)C(=O)[C@H]1CCN(C(=O)/C=C/CN(C)C)C1)C(=O)N1CCC[C@H](N1)C(=O)OCC(C)(C)C2.S.S.S.S. The molecule has 3 N–H and O–H groups in total. The second-order valence-corrected chi connectivity index (χ2v) is 20.7. The molecular weight excluding hydrogens is 1010 g/mol. The third kappa shape index (κ3) is 14.8. The quantitative estimate of drug-likeness (QED) is 0.100. The molecule has 1 aromatic heterocycles. The van der Waals surface area contributed by atoms with Crippen molar-refractivity contribution in [1.29, 1.82) is 0 Å². The number of rotatable bonds is 13. The van der Waals surface area contributed by atoms with Crippen molar-refractivity contribution in [2.45, 2.75) is 97.8 Å². The largest absolute Gasteiger partial charge is 0.508 e. The van der Waals surface area contributed by atoms with Crippen molar-refractivity contribution in [3.8, 4) is 28.1 Å². The van der Waals surface area contributed by atoms with E-state index in [4.69, 9.17) is 9.47 Å². The highest BCUT2D eigenvalue weighted by molar-refractivity contribution is 7.59. The van der Waals surface area contributed by atoms with Gasteiger partial charge in [0.2, 0.25) is 17.7 Å². The van der Waals surface area contributed by atoms with Crippen LogP contribution in [0.25, 0.3) is 33.3 Å². The Hall–Kier alpha value is -4.63. The third-order valence-corrected chi connectivity index (χ3v) is 13.9. The summed E-state index contributed by atoms with van der Waals surface area (Å²) in [7, 11) is 7.15. The van der Waals surface area contributed by atoms with Gasteiger partial charge in [0.05, 0.1) is 24.8 Å². The zero-order valence-electron chi connectivity index (χ0n) is 44.5. The van der Waals surface area contributed by atoms with Crippen molar-refractivity contribution in [3.63, 3.8) is 0 Å². The fourth-order valence-corrected chi connectivity index (χ4v) is 10.4. The number of methoxy groups -OCH3 is 1. The van der Waals surface area contributed by atoms with E-state index in [0.29, 0.717) is 57.5 Å². The topological polar surface area (TPSA) is 166 Å². The van der Waals surface area contributed by atoms with Gasteiger partial charge in [-0.2, -0.15) is 54.0 Å². The van der Waals surface area contributed by atoms with Gasteiger partial charge < -0.3 is 39.2 Å². The average molecular weight is 1100 g/mol. The molecule has 2 fully saturated rings. The molecule has 4 amide bonds. The molecule has 15 nitrogen and oxygen atoms in total. The predicted octanol–water partition coefficient (Wildman–Crippen LogP) is 6.44. The molecule has 2 saturated heterocycles. The lowest BCUT2D eigenvalue weighted by Crippen LogP contribution is -2.62. The van der Waals surface area contributed by atoms with Gasteiger partial charge in [-0.15, -0.1) is 0 Å². The van der Waals surface area contributed by atoms with E-state index in [9.17, 15) is 29.1 Å². The number of hydrogen-bond acceptors (Lipinski definition) is 10. The average Bonchev–Trinajstić information content (AvgIpc) is 3.94. The number of hydrogen-bond donors (Lipinski definition) is 3. The van der Waals surface area contributed by atoms with E-state index in [2.05, 4.69) is 72.5 Å². The number of likely N-dealkylation sites (tertiary alicyclic amines) is 1. The lowest BCUT2D eigenvalue weighted by atomic mass is 9.83. The van der Waals surface area contributed by atoms with Gasteiger partial charge in [0.25, 0.3) is 5.91 Å². The molecule has 4 heterocycles. The minimum absolute atomic E-state index is 0. The summed E-state index contributed by atoms with van der Waals surface area (Å²) in [6, 6.07) is 17.1. The highest BCUT2D eigenvalue weighted by Crippen LogP contribution is 2.41. The van der Waals surface area contributed by atoms with Crippen LogP contribution in [0.2, 0.25) is 0 Å². The molecule has 3 aromatic carbocycles. The Morgan fingerprint density at radius 1 is 0.973 bits per heavy atom. The summed E-state index contributed by atoms with van der Waals surface area (Å²) in [6.07, 6.45) is 6.08. The Kier molecular flexibility index (Phi) is 24.0. The molecule has 3 aliphatic rings. The molecule has 7 rings (SSSR count). The zero-order chi connectivity index (χ0) is 50.4. The van der Waals surface area contributed by atoms with E-state index in [1.54, 1.807) is 37.3 Å². The van der Waals surface area contributed by atoms with E-state index in [-0.39, 0.29) is 104 Å². The molecule has 19 heteroatoms. The number of ether oxygens (including phenoxy) is 2. The number of cyclic esters (lactones) is 1. The number of aryl methyl sites for hydroxylation is 1. The Labute approximate surface area is 465 Å². The molecule has 6 bridgehead atoms. The predicted molar refractivity (Wildman–Crippen MR) is 313 cm³/mol. The van der Waals surface area contributed by atoms with Crippen LogP contribution in [-0.4, -0.2) is 145 Å². The first-order valence-corrected chi connectivity index (χ1v) is 24.9. The summed E-state index contributed by atoms with van der Waals surface area (Å²) in [6.45, 7) is 13.0. The van der Waals surface area contributed by atoms with Gasteiger partial charge in [-0.1, -0.05) is 70.2 Å². The number of hydrazine groups is 1. The standard InChI is InChI=1S/C55H73N7O8.4H2S/c1-10-61-47-20-19-38-31-43(47)44(50(61)42-16-12-11-15-37(42)22-26-69-9)32-55(4,5)34-70-54(68)45-17-13-24-62(57-45)53(67)46(29-36-27-40(38)30-41(63)28-36)56-51(65)49(35(2)3)59(8)52(66)39-21-25-60(33-39)48(64)18-14-23-58(6)7;;;;/h11-12,14-16,18-20,27-28,30-31,35,39,45-46,49,57,63H,10,13,17,21-26,29,32-34H2,1-9H3,(H,56,65);4*1H2/b18-14+;;;;/t39-,45-,46-,49-;;;;/m0..../s1. The zero-order valence-corrected chi connectivity index (χ0v) is 48.5. The summed E-state index contributed by atoms with van der Waals surface area (Å²) in [4.78, 5) is 75.5. The van der Waals surface area contributed by atoms with Gasteiger partial charge in [-0.05, 0) is 111 Å². The maximum Gasteiger partial charge on any atom is 0.324 e. The first kappa shape index (κ1) is 63.7. The fraction of sp³-hybridized carbons (Fsp3) is 0.509. The van der Waals surface area contributed by atoms with Crippen molar-refractivity contribution in [1.82, 2.24) is 35.0 Å². The maximum absolute atomic E-state index is 14.8. The van der Waals surface area contributed by atoms with Gasteiger partial charge in [0.1, 0.15) is 23.9 Å². The first-order chi connectivity index (χ1) is 33.4. The van der Waals surface area contributed by atoms with E-state index in [1.165, 1.54) is 21.5 Å². The minimum Gasteiger partial charge on any atom is -0.508 e. The number of aromatic hydroxyl groups is 1. The van der Waals surface area contributed by atoms with E-state index >= 15 is 0 Å². The van der Waals surface area contributed by atoms with Crippen molar-refractivity contribution in [2.24, 2.45) is 17.3 Å². The van der Waals surface area contributed by atoms with Crippen LogP contribution in [0.4, 0.5) is 0 Å². The van der Waals surface area contributed by atoms with Crippen LogP contribution in [-0.2, 0) is 59.3 Å². The molecule has 74 heavy (non-hydrogen) atoms. The van der Waals surface area contributed by atoms with E-state index < -0.39 is 47.2 Å². The van der Waals surface area contributed by atoms with Gasteiger partial charge in [0, 0.05) is 81.3 Å². The molecule has 3 aliphatic heterocycles. The number of fused-ring (bicyclic) bond motifs is 6. The number of carbonyl (C=O) groups is 5. The number of aromatic nitrogens is 1. The molecule has 0 radical (unpaired) electrons. The fourth-order valence-electron chi connectivity index (χ4n) is 10.4. The van der Waals surface area contributed by atoms with Crippen LogP contribution < -0.4 is 10.7 Å². The summed E-state index contributed by atoms with van der Waals surface area (Å²) >= 11 is 0. The van der Waals surface area contributed by atoms with E-state index in [1.807, 2.05) is 45.0 Å². The summed E-state index contributed by atoms with van der Waals surface area (Å²) in [5.74, 6) is -2.70. The second kappa shape index (κ2) is 27.9. The Morgan fingerprint density at radius 2 is 1.70 bits per heavy atom. The highest BCUT2D eigenvalue weighted by Gasteiger charge is 2.40. The van der Waals surface area contributed by atoms with Crippen molar-refractivity contribution < 1.29 is 38.6 Å². The van der Waals surface area contributed by atoms with Crippen LogP contribution >= 0.6 is 54.0 Å². The maximum atomic E-state index is 14.8. The Morgan fingerprint density at radius 3 is 2.39 bits per heavy atom. The number of amides is 4. The first-order valence-electron chi connectivity index (χ1n) is 24.9. The summed E-state index contributed by atoms with van der Waals surface area (Å²) in [5.41, 5.74) is 10.4. The lowest BCUT2D eigenvalue weighted by molar-refractivity contribution is -0.155. The van der Waals surface area contributed by atoms with Crippen LogP contribution in [0, 0.1) is 17.3 Å². The highest BCUT2D eigenvalue weighted by atomic mass is 32.1. The molecule has 4 atom stereocenters. The van der Waals surface area contributed by atoms with Crippen LogP contribution in [0.5, 0.6) is 5.75 Å². The van der Waals surface area contributed by atoms with Crippen molar-refractivity contribution in [3.05, 3.63) is 89.5 Å². The smallest absolute Gasteiger partial charge is 0.324 e. The number of nitrogens with one attached hydrogen (secondary N) is 2. The molecule has 4 aromatic rings. The number of phenolic OH excluding ortho intramolecular Hbond substituents is 1. The van der Waals surface area contributed by atoms with E-state index in [0.717, 1.165) is 45.3 Å². The Bertz CT molecular complexity index is 2620. The number of carbonyl (C=O) groups excluding carboxylic acids is 5. The van der Waals surface area contributed by atoms with Crippen LogP contribution in [0.3, 0.4) is 0 Å². The molecule has 0 saturated carbocycles. The number of phenols is 1. The van der Waals surface area contributed by atoms with Crippen LogP contribution in [0.1, 0.15) is 70.6 Å². The summed E-state index contributed by atoms with van der Waals surface area (Å²) in [5, 5.41) is 16.8. The number of nitrogens with zero attached hydrogens (tertiary/aromatic N) is 5. The molecule has 0 spiro atoms. The monoisotopic (exact) mass is 1100 g/mol. The van der Waals surface area contributed by atoms with Gasteiger partial charge in [0.15, 0.2) is 0 Å². The molecular formula is C55H81N7O8S4. The number of esters is 1. The number of benzene rings is 3. The minimum atomic E-state index is -1.16. The van der Waals surface area contributed by atoms with Crippen LogP contribution in [0.15, 0.2) is 72.8 Å². The Balaban J connectivity index is 0.00000361. The van der Waals surface area contributed by atoms with Crippen molar-refractivity contribution >= 4 is 94.5 Å². The van der Waals surface area contributed by atoms with Crippen molar-refractivity contribution in [2.75, 3.05) is 67.6 Å². The third-order valence-electron chi connectivity index (χ3n) is 13.9. The molecule has 0 aliphatic carbocycles. The lowest BCUT2D eigenvalue weighted by Gasteiger charge is -2.37. The number of likely N-dealkylation sites (N-methyl/N-ethyl adjacent to an activating group) is 2. The van der Waals surface area contributed by atoms with Gasteiger partial charge in [-0.25, -0.2) is 5.43 Å². The molecule has 0 unspecified atom stereocenters. The van der Waals surface area contributed by atoms with Gasteiger partial charge in [-0.3, -0.25) is 29.0 Å². The second-order valence-electron chi connectivity index (χ2n) is 20.7. The van der Waals surface area contributed by atoms with Gasteiger partial charge >= 0.3 is 5.97 Å². The molecule has 408 valence electrons. The normalized spacial score (nSPS) is 19.1. The summed E-state index contributed by atoms with van der Waals surface area (Å²) < 4.78 is 14.0.